The number of unbranched alkanes of at least 4 members (excludes halogenated alkanes) is 8. The summed E-state index contributed by atoms with van der Waals surface area (Å²) in [4.78, 5) is 11.9. The lowest BCUT2D eigenvalue weighted by molar-refractivity contribution is -0.121. The second kappa shape index (κ2) is 12.7. The van der Waals surface area contributed by atoms with E-state index in [1.807, 2.05) is 6.92 Å². The number of aryl methyl sites for hydroxylation is 2. The van der Waals surface area contributed by atoms with Crippen LogP contribution >= 0.6 is 0 Å². The largest absolute Gasteiger partial charge is 0.273 e. The zero-order valence-electron chi connectivity index (χ0n) is 16.7. The third kappa shape index (κ3) is 9.42. The van der Waals surface area contributed by atoms with Gasteiger partial charge in [-0.15, -0.1) is 0 Å². The van der Waals surface area contributed by atoms with Crippen LogP contribution in [0, 0.1) is 13.8 Å². The van der Waals surface area contributed by atoms with Crippen LogP contribution in [-0.2, 0) is 4.79 Å². The highest BCUT2D eigenvalue weighted by atomic mass is 16.2. The number of carbonyl (C=O) groups is 1. The fraction of sp³-hybridized carbons (Fsp3) is 0.636. The maximum atomic E-state index is 11.9. The van der Waals surface area contributed by atoms with E-state index in [4.69, 9.17) is 0 Å². The molecule has 0 saturated heterocycles. The Morgan fingerprint density at radius 1 is 0.960 bits per heavy atom. The summed E-state index contributed by atoms with van der Waals surface area (Å²) in [5.41, 5.74) is 7.08. The number of carbonyl (C=O) groups excluding carboxylic acids is 1. The summed E-state index contributed by atoms with van der Waals surface area (Å²) in [5, 5.41) is 4.26. The quantitative estimate of drug-likeness (QED) is 0.279. The van der Waals surface area contributed by atoms with Gasteiger partial charge in [0.2, 0.25) is 5.91 Å². The Morgan fingerprint density at radius 2 is 1.56 bits per heavy atom. The average molecular weight is 345 g/mol. The number of hydrazone groups is 1. The molecule has 0 fully saturated rings. The highest BCUT2D eigenvalue weighted by Gasteiger charge is 2.04. The molecule has 0 spiro atoms. The second-order valence-electron chi connectivity index (χ2n) is 7.13. The number of amides is 1. The van der Waals surface area contributed by atoms with Gasteiger partial charge in [-0.3, -0.25) is 4.79 Å². The van der Waals surface area contributed by atoms with Crippen molar-refractivity contribution in [3.8, 4) is 0 Å². The zero-order valence-corrected chi connectivity index (χ0v) is 16.7. The minimum Gasteiger partial charge on any atom is -0.273 e. The summed E-state index contributed by atoms with van der Waals surface area (Å²) in [6.45, 7) is 8.34. The molecule has 0 radical (unpaired) electrons. The van der Waals surface area contributed by atoms with Gasteiger partial charge in [-0.1, -0.05) is 82.1 Å². The van der Waals surface area contributed by atoms with Gasteiger partial charge >= 0.3 is 0 Å². The van der Waals surface area contributed by atoms with Gasteiger partial charge in [-0.2, -0.15) is 5.10 Å². The molecule has 3 nitrogen and oxygen atoms in total. The summed E-state index contributed by atoms with van der Waals surface area (Å²) in [5.74, 6) is 0.0204. The molecule has 1 amide bonds. The molecule has 0 unspecified atom stereocenters. The Bertz CT molecular complexity index is 549. The maximum Gasteiger partial charge on any atom is 0.240 e. The molecule has 1 aromatic rings. The summed E-state index contributed by atoms with van der Waals surface area (Å²) >= 11 is 0. The molecule has 0 bridgehead atoms. The van der Waals surface area contributed by atoms with Crippen LogP contribution in [0.15, 0.2) is 23.3 Å². The second-order valence-corrected chi connectivity index (χ2v) is 7.13. The van der Waals surface area contributed by atoms with Gasteiger partial charge < -0.3 is 0 Å². The van der Waals surface area contributed by atoms with E-state index >= 15 is 0 Å². The fourth-order valence-corrected chi connectivity index (χ4v) is 3.08. The van der Waals surface area contributed by atoms with Crippen LogP contribution in [-0.4, -0.2) is 11.6 Å². The van der Waals surface area contributed by atoms with Crippen molar-refractivity contribution in [2.24, 2.45) is 5.10 Å². The Kier molecular flexibility index (Phi) is 10.9. The van der Waals surface area contributed by atoms with Crippen molar-refractivity contribution in [3.63, 3.8) is 0 Å². The van der Waals surface area contributed by atoms with Crippen molar-refractivity contribution in [2.75, 3.05) is 0 Å². The Labute approximate surface area is 154 Å². The lowest BCUT2D eigenvalue weighted by Gasteiger charge is -2.07. The Hall–Kier alpha value is -1.64. The van der Waals surface area contributed by atoms with Crippen molar-refractivity contribution >= 4 is 11.6 Å². The minimum absolute atomic E-state index is 0.0204. The van der Waals surface area contributed by atoms with Crippen LogP contribution in [0.2, 0.25) is 0 Å². The third-order valence-corrected chi connectivity index (χ3v) is 4.63. The predicted molar refractivity (Wildman–Crippen MR) is 108 cm³/mol. The minimum atomic E-state index is 0.0204. The van der Waals surface area contributed by atoms with Crippen LogP contribution in [0.5, 0.6) is 0 Å². The van der Waals surface area contributed by atoms with Crippen LogP contribution in [0.1, 0.15) is 94.7 Å². The van der Waals surface area contributed by atoms with Gasteiger partial charge in [0, 0.05) is 12.0 Å². The van der Waals surface area contributed by atoms with Crippen LogP contribution < -0.4 is 5.43 Å². The molecule has 0 saturated carbocycles. The molecule has 0 aliphatic heterocycles. The van der Waals surface area contributed by atoms with Gasteiger partial charge in [-0.05, 0) is 32.8 Å². The van der Waals surface area contributed by atoms with E-state index in [9.17, 15) is 4.79 Å². The van der Waals surface area contributed by atoms with Gasteiger partial charge in [0.05, 0.1) is 5.71 Å². The number of hydrogen-bond acceptors (Lipinski definition) is 2. The molecule has 0 aliphatic carbocycles. The van der Waals surface area contributed by atoms with Crippen LogP contribution in [0.3, 0.4) is 0 Å². The van der Waals surface area contributed by atoms with Crippen molar-refractivity contribution in [1.82, 2.24) is 5.43 Å². The first-order valence-electron chi connectivity index (χ1n) is 9.95. The third-order valence-electron chi connectivity index (χ3n) is 4.63. The number of rotatable bonds is 12. The average Bonchev–Trinajstić information content (AvgIpc) is 2.58. The van der Waals surface area contributed by atoms with Crippen molar-refractivity contribution < 1.29 is 4.79 Å². The lowest BCUT2D eigenvalue weighted by atomic mass is 10.0. The molecule has 1 rings (SSSR count). The van der Waals surface area contributed by atoms with E-state index in [-0.39, 0.29) is 5.91 Å². The number of nitrogens with zero attached hydrogens (tertiary/aromatic N) is 1. The SMILES string of the molecule is CCCCCCCCCCCC(=O)NN=C(C)c1ccc(C)cc1C. The van der Waals surface area contributed by atoms with Crippen molar-refractivity contribution in [1.29, 1.82) is 0 Å². The van der Waals surface area contributed by atoms with Crippen molar-refractivity contribution in [2.45, 2.75) is 91.9 Å². The van der Waals surface area contributed by atoms with Gasteiger partial charge in [-0.25, -0.2) is 5.43 Å². The number of benzene rings is 1. The van der Waals surface area contributed by atoms with Gasteiger partial charge in [0.15, 0.2) is 0 Å². The zero-order chi connectivity index (χ0) is 18.5. The van der Waals surface area contributed by atoms with Gasteiger partial charge in [0.1, 0.15) is 0 Å². The normalized spacial score (nSPS) is 11.6. The smallest absolute Gasteiger partial charge is 0.240 e. The molecule has 1 aromatic carbocycles. The topological polar surface area (TPSA) is 41.5 Å². The highest BCUT2D eigenvalue weighted by molar-refractivity contribution is 6.00. The molecular weight excluding hydrogens is 308 g/mol. The molecule has 0 aromatic heterocycles. The van der Waals surface area contributed by atoms with Crippen molar-refractivity contribution in [3.05, 3.63) is 34.9 Å². The van der Waals surface area contributed by atoms with E-state index < -0.39 is 0 Å². The van der Waals surface area contributed by atoms with E-state index in [2.05, 4.69) is 49.5 Å². The molecule has 3 heteroatoms. The molecule has 1 N–H and O–H groups in total. The molecular formula is C22H36N2O. The molecule has 25 heavy (non-hydrogen) atoms. The molecule has 140 valence electrons. The summed E-state index contributed by atoms with van der Waals surface area (Å²) < 4.78 is 0. The molecule has 0 atom stereocenters. The summed E-state index contributed by atoms with van der Waals surface area (Å²) in [7, 11) is 0. The monoisotopic (exact) mass is 344 g/mol. The van der Waals surface area contributed by atoms with Crippen LogP contribution in [0.25, 0.3) is 0 Å². The van der Waals surface area contributed by atoms with Crippen LogP contribution in [0.4, 0.5) is 0 Å². The van der Waals surface area contributed by atoms with Gasteiger partial charge in [0.25, 0.3) is 0 Å². The predicted octanol–water partition coefficient (Wildman–Crippen LogP) is 6.06. The lowest BCUT2D eigenvalue weighted by Crippen LogP contribution is -2.19. The standard InChI is InChI=1S/C22H36N2O/c1-5-6-7-8-9-10-11-12-13-14-22(25)24-23-20(4)21-16-15-18(2)17-19(21)3/h15-17H,5-14H2,1-4H3,(H,24,25). The first kappa shape index (κ1) is 21.4. The summed E-state index contributed by atoms with van der Waals surface area (Å²) in [6, 6.07) is 6.28. The Balaban J connectivity index is 2.17. The Morgan fingerprint density at radius 3 is 2.16 bits per heavy atom. The maximum absolute atomic E-state index is 11.9. The molecule has 0 heterocycles. The van der Waals surface area contributed by atoms with E-state index in [1.165, 1.54) is 56.1 Å². The summed E-state index contributed by atoms with van der Waals surface area (Å²) in [6.07, 6.45) is 11.9. The van der Waals surface area contributed by atoms with E-state index in [0.29, 0.717) is 6.42 Å². The molecule has 0 aliphatic rings. The fourth-order valence-electron chi connectivity index (χ4n) is 3.08. The number of nitrogens with one attached hydrogen (secondary N) is 1. The first-order valence-corrected chi connectivity index (χ1v) is 9.95. The highest BCUT2D eigenvalue weighted by Crippen LogP contribution is 2.12. The first-order chi connectivity index (χ1) is 12.0. The van der Waals surface area contributed by atoms with E-state index in [1.54, 1.807) is 0 Å². The number of hydrogen-bond donors (Lipinski definition) is 1. The van der Waals surface area contributed by atoms with E-state index in [0.717, 1.165) is 24.1 Å².